The van der Waals surface area contributed by atoms with Gasteiger partial charge in [0.25, 0.3) is 11.8 Å². The lowest BCUT2D eigenvalue weighted by Gasteiger charge is -2.17. The summed E-state index contributed by atoms with van der Waals surface area (Å²) in [5.74, 6) is -0.795. The summed E-state index contributed by atoms with van der Waals surface area (Å²) in [4.78, 5) is 30.8. The lowest BCUT2D eigenvalue weighted by atomic mass is 10.0. The smallest absolute Gasteiger partial charge is 0.270 e. The highest BCUT2D eigenvalue weighted by atomic mass is 32.1. The number of ether oxygens (including phenoxy) is 1. The topological polar surface area (TPSA) is 124 Å². The second kappa shape index (κ2) is 10.0. The summed E-state index contributed by atoms with van der Waals surface area (Å²) in [6, 6.07) is 11.1. The van der Waals surface area contributed by atoms with Crippen LogP contribution < -0.4 is 16.4 Å². The molecule has 1 aliphatic rings. The fourth-order valence-corrected chi connectivity index (χ4v) is 5.01. The Balaban J connectivity index is 1.40. The molecule has 3 aromatic heterocycles. The van der Waals surface area contributed by atoms with Gasteiger partial charge >= 0.3 is 0 Å². The molecule has 186 valence electrons. The summed E-state index contributed by atoms with van der Waals surface area (Å²) in [5, 5.41) is 12.0. The Morgan fingerprint density at radius 1 is 1.22 bits per heavy atom. The zero-order chi connectivity index (χ0) is 25.2. The molecule has 0 spiro atoms. The van der Waals surface area contributed by atoms with Gasteiger partial charge in [-0.3, -0.25) is 9.59 Å². The molecule has 0 bridgehead atoms. The normalized spacial score (nSPS) is 16.2. The van der Waals surface area contributed by atoms with Gasteiger partial charge in [0.15, 0.2) is 5.65 Å². The number of nitrogens with zero attached hydrogens (tertiary/aromatic N) is 3. The number of hydrogen-bond acceptors (Lipinski definition) is 7. The number of pyridine rings is 1. The van der Waals surface area contributed by atoms with Crippen molar-refractivity contribution >= 4 is 34.7 Å². The molecule has 4 aromatic rings. The average Bonchev–Trinajstić information content (AvgIpc) is 3.63. The highest BCUT2D eigenvalue weighted by molar-refractivity contribution is 7.12. The van der Waals surface area contributed by atoms with E-state index in [1.54, 1.807) is 30.3 Å². The molecule has 2 atom stereocenters. The maximum absolute atomic E-state index is 13.3. The third-order valence-corrected chi connectivity index (χ3v) is 7.02. The summed E-state index contributed by atoms with van der Waals surface area (Å²) in [5.41, 5.74) is 8.84. The van der Waals surface area contributed by atoms with Crippen molar-refractivity contribution < 1.29 is 18.7 Å². The Morgan fingerprint density at radius 2 is 2.03 bits per heavy atom. The van der Waals surface area contributed by atoms with Gasteiger partial charge in [0.1, 0.15) is 11.5 Å². The predicted octanol–water partition coefficient (Wildman–Crippen LogP) is 3.58. The van der Waals surface area contributed by atoms with Crippen molar-refractivity contribution in [3.05, 3.63) is 69.8 Å². The predicted molar refractivity (Wildman–Crippen MR) is 134 cm³/mol. The van der Waals surface area contributed by atoms with E-state index in [9.17, 15) is 14.0 Å². The number of nitrogens with one attached hydrogen (secondary N) is 2. The summed E-state index contributed by atoms with van der Waals surface area (Å²) >= 11 is 1.30. The molecule has 4 N–H and O–H groups in total. The number of thiophene rings is 1. The van der Waals surface area contributed by atoms with Gasteiger partial charge in [-0.15, -0.1) is 16.4 Å². The first-order valence-corrected chi connectivity index (χ1v) is 12.5. The van der Waals surface area contributed by atoms with E-state index in [-0.39, 0.29) is 41.4 Å². The molecule has 0 radical (unpaired) electrons. The molecule has 2 amide bonds. The molecule has 0 unspecified atom stereocenters. The SMILES string of the molecule is CC[C@H](NC(=O)c1cc(-c2cc(C(=O)N[C@H]3CCOC3)n3nc(N)nc3c2)cs1)c1ccc(F)cc1. The highest BCUT2D eigenvalue weighted by Gasteiger charge is 2.23. The van der Waals surface area contributed by atoms with Crippen molar-refractivity contribution in [3.63, 3.8) is 0 Å². The molecule has 1 saturated heterocycles. The number of anilines is 1. The Labute approximate surface area is 210 Å². The van der Waals surface area contributed by atoms with Gasteiger partial charge < -0.3 is 21.1 Å². The van der Waals surface area contributed by atoms with Crippen molar-refractivity contribution in [2.45, 2.75) is 31.8 Å². The molecule has 1 aromatic carbocycles. The molecular weight excluding hydrogens is 483 g/mol. The van der Waals surface area contributed by atoms with Gasteiger partial charge in [-0.1, -0.05) is 19.1 Å². The Kier molecular flexibility index (Phi) is 6.66. The van der Waals surface area contributed by atoms with Crippen LogP contribution in [-0.2, 0) is 4.74 Å². The third-order valence-electron chi connectivity index (χ3n) is 6.09. The number of carbonyl (C=O) groups is 2. The molecule has 0 aliphatic carbocycles. The van der Waals surface area contributed by atoms with Gasteiger partial charge in [-0.25, -0.2) is 8.91 Å². The zero-order valence-corrected chi connectivity index (χ0v) is 20.3. The molecule has 36 heavy (non-hydrogen) atoms. The van der Waals surface area contributed by atoms with E-state index in [1.807, 2.05) is 12.3 Å². The molecule has 5 rings (SSSR count). The second-order valence-electron chi connectivity index (χ2n) is 8.59. The first-order valence-electron chi connectivity index (χ1n) is 11.6. The highest BCUT2D eigenvalue weighted by Crippen LogP contribution is 2.29. The molecule has 1 aliphatic heterocycles. The minimum absolute atomic E-state index is 0.0576. The van der Waals surface area contributed by atoms with Crippen LogP contribution in [0.15, 0.2) is 47.8 Å². The number of amides is 2. The number of fused-ring (bicyclic) bond motifs is 1. The van der Waals surface area contributed by atoms with Gasteiger partial charge in [0.05, 0.1) is 23.6 Å². The lowest BCUT2D eigenvalue weighted by molar-refractivity contribution is 0.0919. The largest absolute Gasteiger partial charge is 0.379 e. The number of benzene rings is 1. The average molecular weight is 509 g/mol. The monoisotopic (exact) mass is 508 g/mol. The Morgan fingerprint density at radius 3 is 2.75 bits per heavy atom. The number of nitrogen functional groups attached to an aromatic ring is 1. The summed E-state index contributed by atoms with van der Waals surface area (Å²) in [7, 11) is 0. The van der Waals surface area contributed by atoms with E-state index >= 15 is 0 Å². The van der Waals surface area contributed by atoms with Crippen molar-refractivity contribution in [1.29, 1.82) is 0 Å². The number of halogens is 1. The Hall–Kier alpha value is -3.83. The van der Waals surface area contributed by atoms with Gasteiger partial charge in [-0.05, 0) is 65.2 Å². The summed E-state index contributed by atoms with van der Waals surface area (Å²) in [6.45, 7) is 3.03. The van der Waals surface area contributed by atoms with Gasteiger partial charge in [0, 0.05) is 6.61 Å². The molecule has 4 heterocycles. The maximum atomic E-state index is 13.3. The van der Waals surface area contributed by atoms with Crippen LogP contribution >= 0.6 is 11.3 Å². The van der Waals surface area contributed by atoms with Crippen LogP contribution in [0.3, 0.4) is 0 Å². The molecule has 0 saturated carbocycles. The quantitative estimate of drug-likeness (QED) is 0.351. The first kappa shape index (κ1) is 23.9. The number of aromatic nitrogens is 3. The fraction of sp³-hybridized carbons (Fsp3) is 0.280. The van der Waals surface area contributed by atoms with E-state index in [2.05, 4.69) is 20.7 Å². The lowest BCUT2D eigenvalue weighted by Crippen LogP contribution is -2.36. The van der Waals surface area contributed by atoms with Crippen LogP contribution in [0.5, 0.6) is 0 Å². The van der Waals surface area contributed by atoms with E-state index in [1.165, 1.54) is 28.0 Å². The third kappa shape index (κ3) is 4.93. The van der Waals surface area contributed by atoms with Crippen LogP contribution in [0, 0.1) is 5.82 Å². The number of rotatable bonds is 7. The van der Waals surface area contributed by atoms with Crippen LogP contribution in [0.4, 0.5) is 10.3 Å². The molecule has 9 nitrogen and oxygen atoms in total. The van der Waals surface area contributed by atoms with E-state index < -0.39 is 0 Å². The van der Waals surface area contributed by atoms with Crippen molar-refractivity contribution in [3.8, 4) is 11.1 Å². The van der Waals surface area contributed by atoms with Crippen LogP contribution in [0.1, 0.15) is 51.5 Å². The number of carbonyl (C=O) groups excluding carboxylic acids is 2. The molecular formula is C25H25FN6O3S. The van der Waals surface area contributed by atoms with Gasteiger partial charge in [0.2, 0.25) is 5.95 Å². The van der Waals surface area contributed by atoms with Crippen LogP contribution in [0.2, 0.25) is 0 Å². The first-order chi connectivity index (χ1) is 17.4. The molecule has 1 fully saturated rings. The van der Waals surface area contributed by atoms with Gasteiger partial charge in [-0.2, -0.15) is 4.98 Å². The molecule has 11 heteroatoms. The summed E-state index contributed by atoms with van der Waals surface area (Å²) in [6.07, 6.45) is 1.40. The van der Waals surface area contributed by atoms with E-state index in [0.717, 1.165) is 17.5 Å². The maximum Gasteiger partial charge on any atom is 0.270 e. The van der Waals surface area contributed by atoms with E-state index in [0.29, 0.717) is 35.7 Å². The van der Waals surface area contributed by atoms with E-state index in [4.69, 9.17) is 10.5 Å². The minimum Gasteiger partial charge on any atom is -0.379 e. The summed E-state index contributed by atoms with van der Waals surface area (Å²) < 4.78 is 20.1. The van der Waals surface area contributed by atoms with Crippen molar-refractivity contribution in [2.24, 2.45) is 0 Å². The number of hydrogen-bond donors (Lipinski definition) is 3. The van der Waals surface area contributed by atoms with Crippen LogP contribution in [0.25, 0.3) is 16.8 Å². The van der Waals surface area contributed by atoms with Crippen LogP contribution in [-0.4, -0.2) is 45.7 Å². The second-order valence-corrected chi connectivity index (χ2v) is 9.50. The van der Waals surface area contributed by atoms with Crippen molar-refractivity contribution in [1.82, 2.24) is 25.2 Å². The standard InChI is InChI=1S/C25H25FN6O3S/c1-2-19(14-3-5-17(26)6-4-14)29-24(34)21-10-16(13-36-21)15-9-20(23(33)28-18-7-8-35-12-18)32-22(11-15)30-25(27)31-32/h3-6,9-11,13,18-19H,2,7-8,12H2,1H3,(H2,27,31)(H,28,33)(H,29,34)/t18-,19-/m0/s1. The zero-order valence-electron chi connectivity index (χ0n) is 19.5. The minimum atomic E-state index is -0.321. The fourth-order valence-electron chi connectivity index (χ4n) is 4.19. The number of nitrogens with two attached hydrogens (primary N) is 1. The van der Waals surface area contributed by atoms with Crippen molar-refractivity contribution in [2.75, 3.05) is 18.9 Å². The Bertz CT molecular complexity index is 1410.